The molecule has 1 N–H and O–H groups in total. The number of pyridine rings is 1. The van der Waals surface area contributed by atoms with Crippen LogP contribution in [-0.2, 0) is 12.6 Å². The summed E-state index contributed by atoms with van der Waals surface area (Å²) in [6, 6.07) is 14.7. The van der Waals surface area contributed by atoms with Crippen molar-refractivity contribution in [3.8, 4) is 11.4 Å². The van der Waals surface area contributed by atoms with Gasteiger partial charge in [0, 0.05) is 17.9 Å². The van der Waals surface area contributed by atoms with Crippen molar-refractivity contribution in [1.82, 2.24) is 9.88 Å². The van der Waals surface area contributed by atoms with E-state index in [1.807, 2.05) is 24.3 Å². The number of nitrogens with one attached hydrogen (secondary N) is 1. The Labute approximate surface area is 177 Å². The van der Waals surface area contributed by atoms with Crippen molar-refractivity contribution in [2.24, 2.45) is 0 Å². The minimum absolute atomic E-state index is 0.0426. The van der Waals surface area contributed by atoms with Gasteiger partial charge in [-0.05, 0) is 55.3 Å². The van der Waals surface area contributed by atoms with Crippen molar-refractivity contribution in [3.05, 3.63) is 93.4 Å². The minimum Gasteiger partial charge on any atom is -0.496 e. The first-order chi connectivity index (χ1) is 14.7. The summed E-state index contributed by atoms with van der Waals surface area (Å²) in [5.74, 6) is 0.0969. The molecule has 0 unspecified atom stereocenters. The highest BCUT2D eigenvalue weighted by molar-refractivity contribution is 5.93. The van der Waals surface area contributed by atoms with Crippen molar-refractivity contribution >= 4 is 5.91 Å². The number of carbonyl (C=O) groups is 1. The molecule has 8 heteroatoms. The van der Waals surface area contributed by atoms with Gasteiger partial charge in [0.1, 0.15) is 11.3 Å². The normalized spacial score (nSPS) is 11.3. The van der Waals surface area contributed by atoms with E-state index in [1.54, 1.807) is 14.0 Å². The molecule has 0 bridgehead atoms. The zero-order valence-corrected chi connectivity index (χ0v) is 17.0. The van der Waals surface area contributed by atoms with E-state index < -0.39 is 23.2 Å². The molecule has 0 atom stereocenters. The van der Waals surface area contributed by atoms with Crippen LogP contribution in [0.15, 0.2) is 65.5 Å². The second kappa shape index (κ2) is 9.07. The minimum atomic E-state index is -4.54. The summed E-state index contributed by atoms with van der Waals surface area (Å²) in [6.07, 6.45) is -4.05. The van der Waals surface area contributed by atoms with Gasteiger partial charge in [0.05, 0.1) is 12.7 Å². The fourth-order valence-corrected chi connectivity index (χ4v) is 3.26. The first kappa shape index (κ1) is 22.1. The van der Waals surface area contributed by atoms with Crippen LogP contribution in [0.3, 0.4) is 0 Å². The van der Waals surface area contributed by atoms with Gasteiger partial charge >= 0.3 is 6.18 Å². The van der Waals surface area contributed by atoms with Crippen molar-refractivity contribution in [1.29, 1.82) is 0 Å². The number of ether oxygens (including phenoxy) is 1. The van der Waals surface area contributed by atoms with E-state index in [0.29, 0.717) is 17.9 Å². The number of carbonyl (C=O) groups excluding carboxylic acids is 1. The number of nitrogens with zero attached hydrogens (tertiary/aromatic N) is 1. The quantitative estimate of drug-likeness (QED) is 0.639. The van der Waals surface area contributed by atoms with Crippen LogP contribution < -0.4 is 15.6 Å². The third kappa shape index (κ3) is 4.96. The van der Waals surface area contributed by atoms with E-state index in [9.17, 15) is 22.8 Å². The van der Waals surface area contributed by atoms with Crippen LogP contribution in [-0.4, -0.2) is 24.1 Å². The van der Waals surface area contributed by atoms with E-state index in [1.165, 1.54) is 24.3 Å². The molecule has 0 aliphatic carbocycles. The molecule has 0 spiro atoms. The molecule has 0 aliphatic rings. The van der Waals surface area contributed by atoms with Crippen molar-refractivity contribution in [2.45, 2.75) is 19.5 Å². The Bertz CT molecular complexity index is 1150. The lowest BCUT2D eigenvalue weighted by atomic mass is 10.1. The van der Waals surface area contributed by atoms with E-state index in [4.69, 9.17) is 4.74 Å². The standard InChI is InChI=1S/C23H21F3N2O3/c1-15-10-11-19(21(29)27-13-12-16-6-3-4-9-20(16)31-2)22(30)28(15)18-8-5-7-17(14-18)23(24,25)26/h3-11,14H,12-13H2,1-2H3,(H,27,29). The zero-order chi connectivity index (χ0) is 22.6. The summed E-state index contributed by atoms with van der Waals surface area (Å²) in [4.78, 5) is 25.5. The average Bonchev–Trinajstić information content (AvgIpc) is 2.73. The SMILES string of the molecule is COc1ccccc1CCNC(=O)c1ccc(C)n(-c2cccc(C(F)(F)F)c2)c1=O. The molecule has 1 amide bonds. The maximum Gasteiger partial charge on any atom is 0.416 e. The van der Waals surface area contributed by atoms with Crippen LogP contribution in [0.2, 0.25) is 0 Å². The topological polar surface area (TPSA) is 60.3 Å². The molecule has 1 heterocycles. The monoisotopic (exact) mass is 430 g/mol. The molecule has 0 saturated carbocycles. The maximum absolute atomic E-state index is 13.1. The molecule has 2 aromatic carbocycles. The van der Waals surface area contributed by atoms with Gasteiger partial charge in [0.15, 0.2) is 0 Å². The first-order valence-corrected chi connectivity index (χ1v) is 9.52. The molecule has 5 nitrogen and oxygen atoms in total. The Morgan fingerprint density at radius 1 is 1.06 bits per heavy atom. The summed E-state index contributed by atoms with van der Waals surface area (Å²) in [6.45, 7) is 1.85. The van der Waals surface area contributed by atoms with Gasteiger partial charge in [-0.15, -0.1) is 0 Å². The molecule has 1 aromatic heterocycles. The lowest BCUT2D eigenvalue weighted by Crippen LogP contribution is -2.34. The van der Waals surface area contributed by atoms with Gasteiger partial charge in [-0.3, -0.25) is 14.2 Å². The lowest BCUT2D eigenvalue weighted by molar-refractivity contribution is -0.137. The number of hydrogen-bond acceptors (Lipinski definition) is 3. The van der Waals surface area contributed by atoms with Crippen LogP contribution in [0, 0.1) is 6.92 Å². The van der Waals surface area contributed by atoms with Gasteiger partial charge in [-0.2, -0.15) is 13.2 Å². The highest BCUT2D eigenvalue weighted by Crippen LogP contribution is 2.30. The Kier molecular flexibility index (Phi) is 6.48. The molecule has 0 fully saturated rings. The number of rotatable bonds is 6. The van der Waals surface area contributed by atoms with E-state index in [0.717, 1.165) is 22.3 Å². The molecule has 0 radical (unpaired) electrons. The summed E-state index contributed by atoms with van der Waals surface area (Å²) in [7, 11) is 1.56. The summed E-state index contributed by atoms with van der Waals surface area (Å²) in [5, 5.41) is 2.69. The van der Waals surface area contributed by atoms with Gasteiger partial charge in [0.2, 0.25) is 0 Å². The number of alkyl halides is 3. The number of hydrogen-bond donors (Lipinski definition) is 1. The maximum atomic E-state index is 13.1. The van der Waals surface area contributed by atoms with Crippen molar-refractivity contribution in [3.63, 3.8) is 0 Å². The lowest BCUT2D eigenvalue weighted by Gasteiger charge is -2.14. The summed E-state index contributed by atoms with van der Waals surface area (Å²) >= 11 is 0. The van der Waals surface area contributed by atoms with Crippen LogP contribution in [0.25, 0.3) is 5.69 Å². The zero-order valence-electron chi connectivity index (χ0n) is 17.0. The van der Waals surface area contributed by atoms with Crippen LogP contribution in [0.4, 0.5) is 13.2 Å². The molecule has 162 valence electrons. The van der Waals surface area contributed by atoms with Gasteiger partial charge < -0.3 is 10.1 Å². The molecule has 3 rings (SSSR count). The van der Waals surface area contributed by atoms with E-state index in [-0.39, 0.29) is 17.8 Å². The number of halogens is 3. The number of para-hydroxylation sites is 1. The Morgan fingerprint density at radius 2 is 1.81 bits per heavy atom. The molecular formula is C23H21F3N2O3. The van der Waals surface area contributed by atoms with Gasteiger partial charge in [0.25, 0.3) is 11.5 Å². The molecule has 0 aliphatic heterocycles. The Hall–Kier alpha value is -3.55. The van der Waals surface area contributed by atoms with E-state index in [2.05, 4.69) is 5.32 Å². The first-order valence-electron chi connectivity index (χ1n) is 9.52. The fourth-order valence-electron chi connectivity index (χ4n) is 3.26. The Balaban J connectivity index is 1.84. The average molecular weight is 430 g/mol. The number of amides is 1. The van der Waals surface area contributed by atoms with Gasteiger partial charge in [-0.1, -0.05) is 24.3 Å². The summed E-state index contributed by atoms with van der Waals surface area (Å²) < 4.78 is 45.6. The van der Waals surface area contributed by atoms with Crippen LogP contribution in [0.5, 0.6) is 5.75 Å². The third-order valence-electron chi connectivity index (χ3n) is 4.83. The third-order valence-corrected chi connectivity index (χ3v) is 4.83. The fraction of sp³-hybridized carbons (Fsp3) is 0.217. The molecule has 3 aromatic rings. The van der Waals surface area contributed by atoms with Gasteiger partial charge in [-0.25, -0.2) is 0 Å². The highest BCUT2D eigenvalue weighted by Gasteiger charge is 2.30. The van der Waals surface area contributed by atoms with Crippen molar-refractivity contribution in [2.75, 3.05) is 13.7 Å². The predicted molar refractivity (Wildman–Crippen MR) is 111 cm³/mol. The number of aromatic nitrogens is 1. The Morgan fingerprint density at radius 3 is 2.52 bits per heavy atom. The number of methoxy groups -OCH3 is 1. The van der Waals surface area contributed by atoms with Crippen molar-refractivity contribution < 1.29 is 22.7 Å². The number of benzene rings is 2. The second-order valence-electron chi connectivity index (χ2n) is 6.89. The highest BCUT2D eigenvalue weighted by atomic mass is 19.4. The largest absolute Gasteiger partial charge is 0.496 e. The molecule has 0 saturated heterocycles. The smallest absolute Gasteiger partial charge is 0.416 e. The molecule has 31 heavy (non-hydrogen) atoms. The number of aryl methyl sites for hydroxylation is 1. The van der Waals surface area contributed by atoms with E-state index >= 15 is 0 Å². The van der Waals surface area contributed by atoms with Crippen LogP contribution in [0.1, 0.15) is 27.2 Å². The second-order valence-corrected chi connectivity index (χ2v) is 6.89. The molecular weight excluding hydrogens is 409 g/mol. The predicted octanol–water partition coefficient (Wildman–Crippen LogP) is 4.15. The van der Waals surface area contributed by atoms with Crippen LogP contribution >= 0.6 is 0 Å². The summed E-state index contributed by atoms with van der Waals surface area (Å²) in [5.41, 5.74) is -0.355.